The minimum atomic E-state index is -2.75. The highest BCUT2D eigenvalue weighted by atomic mass is 19.3. The zero-order chi connectivity index (χ0) is 20.7. The van der Waals surface area contributed by atoms with Crippen LogP contribution in [0.15, 0.2) is 24.5 Å². The minimum absolute atomic E-state index is 0.0473. The van der Waals surface area contributed by atoms with Crippen LogP contribution in [-0.4, -0.2) is 37.6 Å². The maximum atomic E-state index is 14.1. The van der Waals surface area contributed by atoms with Crippen molar-refractivity contribution in [2.24, 2.45) is 5.92 Å². The van der Waals surface area contributed by atoms with Crippen molar-refractivity contribution < 1.29 is 22.0 Å². The van der Waals surface area contributed by atoms with Crippen LogP contribution in [0.5, 0.6) is 0 Å². The Labute approximate surface area is 163 Å². The highest BCUT2D eigenvalue weighted by Gasteiger charge is 2.31. The Hall–Kier alpha value is -2.62. The van der Waals surface area contributed by atoms with Crippen LogP contribution in [0.1, 0.15) is 42.6 Å². The first-order chi connectivity index (χ1) is 13.8. The summed E-state index contributed by atoms with van der Waals surface area (Å²) in [6.07, 6.45) is -0.775. The first-order valence-electron chi connectivity index (χ1n) is 9.18. The van der Waals surface area contributed by atoms with Crippen molar-refractivity contribution in [3.63, 3.8) is 0 Å². The van der Waals surface area contributed by atoms with Crippen LogP contribution in [-0.2, 0) is 6.54 Å². The summed E-state index contributed by atoms with van der Waals surface area (Å²) in [5.74, 6) is -3.90. The molecule has 1 saturated heterocycles. The van der Waals surface area contributed by atoms with Crippen LogP contribution in [0.4, 0.5) is 22.0 Å². The van der Waals surface area contributed by atoms with Gasteiger partial charge in [-0.15, -0.1) is 0 Å². The Bertz CT molecular complexity index is 1040. The van der Waals surface area contributed by atoms with Crippen LogP contribution in [0.2, 0.25) is 0 Å². The summed E-state index contributed by atoms with van der Waals surface area (Å²) in [5, 5.41) is 4.10. The number of rotatable bonds is 4. The largest absolute Gasteiger partial charge is 0.298 e. The lowest BCUT2D eigenvalue weighted by molar-refractivity contribution is 0.143. The fourth-order valence-corrected chi connectivity index (χ4v) is 3.82. The van der Waals surface area contributed by atoms with Crippen molar-refractivity contribution in [1.29, 1.82) is 0 Å². The van der Waals surface area contributed by atoms with Gasteiger partial charge in [-0.1, -0.05) is 13.0 Å². The van der Waals surface area contributed by atoms with E-state index in [4.69, 9.17) is 0 Å². The Morgan fingerprint density at radius 1 is 1.17 bits per heavy atom. The van der Waals surface area contributed by atoms with Crippen molar-refractivity contribution in [2.45, 2.75) is 32.2 Å². The second-order valence-corrected chi connectivity index (χ2v) is 7.32. The molecule has 0 radical (unpaired) electrons. The summed E-state index contributed by atoms with van der Waals surface area (Å²) in [7, 11) is 0. The molecule has 4 rings (SSSR count). The number of benzene rings is 1. The lowest BCUT2D eigenvalue weighted by Gasteiger charge is -2.37. The van der Waals surface area contributed by atoms with Gasteiger partial charge in [0.1, 0.15) is 12.0 Å². The molecule has 3 aromatic rings. The third-order valence-electron chi connectivity index (χ3n) is 5.45. The van der Waals surface area contributed by atoms with E-state index in [-0.39, 0.29) is 35.4 Å². The van der Waals surface area contributed by atoms with Crippen molar-refractivity contribution in [3.8, 4) is 0 Å². The summed E-state index contributed by atoms with van der Waals surface area (Å²) >= 11 is 0. The molecule has 5 nitrogen and oxygen atoms in total. The van der Waals surface area contributed by atoms with Crippen LogP contribution in [0.3, 0.4) is 0 Å². The van der Waals surface area contributed by atoms with Gasteiger partial charge in [0.2, 0.25) is 0 Å². The number of likely N-dealkylation sites (tertiary alicyclic amines) is 1. The maximum Gasteiger partial charge on any atom is 0.280 e. The van der Waals surface area contributed by atoms with E-state index in [2.05, 4.69) is 15.1 Å². The van der Waals surface area contributed by atoms with E-state index in [1.807, 2.05) is 11.8 Å². The monoisotopic (exact) mass is 411 g/mol. The fraction of sp³-hybridized carbons (Fsp3) is 0.421. The van der Waals surface area contributed by atoms with Gasteiger partial charge in [-0.25, -0.2) is 31.5 Å². The molecule has 0 spiro atoms. The summed E-state index contributed by atoms with van der Waals surface area (Å²) in [6.45, 7) is 3.12. The van der Waals surface area contributed by atoms with E-state index >= 15 is 0 Å². The molecule has 0 N–H and O–H groups in total. The molecule has 0 unspecified atom stereocenters. The summed E-state index contributed by atoms with van der Waals surface area (Å²) in [5.41, 5.74) is 0.216. The van der Waals surface area contributed by atoms with Crippen molar-refractivity contribution >= 4 is 5.78 Å². The second-order valence-electron chi connectivity index (χ2n) is 7.32. The van der Waals surface area contributed by atoms with E-state index in [9.17, 15) is 22.0 Å². The first-order valence-corrected chi connectivity index (χ1v) is 9.18. The van der Waals surface area contributed by atoms with Gasteiger partial charge in [0.15, 0.2) is 17.5 Å². The number of alkyl halides is 2. The average Bonchev–Trinajstić information content (AvgIpc) is 3.18. The topological polar surface area (TPSA) is 46.3 Å². The van der Waals surface area contributed by atoms with Gasteiger partial charge in [-0.3, -0.25) is 4.90 Å². The zero-order valence-corrected chi connectivity index (χ0v) is 15.5. The lowest BCUT2D eigenvalue weighted by atomic mass is 9.84. The molecule has 1 aliphatic rings. The molecule has 154 valence electrons. The molecule has 1 aromatic carbocycles. The third-order valence-corrected chi connectivity index (χ3v) is 5.45. The summed E-state index contributed by atoms with van der Waals surface area (Å²) in [6, 6.07) is 3.45. The Morgan fingerprint density at radius 2 is 1.97 bits per heavy atom. The lowest BCUT2D eigenvalue weighted by Crippen LogP contribution is -2.39. The number of nitrogens with zero attached hydrogens (tertiary/aromatic N) is 5. The van der Waals surface area contributed by atoms with Gasteiger partial charge in [0, 0.05) is 24.6 Å². The molecule has 0 amide bonds. The van der Waals surface area contributed by atoms with E-state index in [0.717, 1.165) is 12.5 Å². The molecule has 2 aromatic heterocycles. The first kappa shape index (κ1) is 19.7. The van der Waals surface area contributed by atoms with Gasteiger partial charge in [-0.2, -0.15) is 10.1 Å². The third kappa shape index (κ3) is 3.68. The average molecular weight is 411 g/mol. The Kier molecular flexibility index (Phi) is 5.20. The van der Waals surface area contributed by atoms with Gasteiger partial charge < -0.3 is 0 Å². The number of fused-ring (bicyclic) bond motifs is 1. The van der Waals surface area contributed by atoms with Crippen molar-refractivity contribution in [1.82, 2.24) is 24.5 Å². The standard InChI is InChI=1S/C19H18F5N5/c1-10-4-5-28(7-11-2-3-13(20)17(22)16(11)21)8-12(10)15-6-14(18(23)24)27-19-25-9-26-29(15)19/h2-3,6,9-10,12,18H,4-5,7-8H2,1H3/t10-,12-/m1/s1. The van der Waals surface area contributed by atoms with Crippen LogP contribution in [0.25, 0.3) is 5.78 Å². The summed E-state index contributed by atoms with van der Waals surface area (Å²) in [4.78, 5) is 9.65. The normalized spacial score (nSPS) is 20.7. The number of aromatic nitrogens is 4. The Balaban J connectivity index is 1.64. The fourth-order valence-electron chi connectivity index (χ4n) is 3.82. The molecule has 3 heterocycles. The molecule has 10 heteroatoms. The van der Waals surface area contributed by atoms with Gasteiger partial charge >= 0.3 is 0 Å². The van der Waals surface area contributed by atoms with Gasteiger partial charge in [-0.05, 0) is 31.0 Å². The van der Waals surface area contributed by atoms with Crippen molar-refractivity contribution in [3.05, 3.63) is 58.9 Å². The molecule has 2 atom stereocenters. The quantitative estimate of drug-likeness (QED) is 0.479. The van der Waals surface area contributed by atoms with E-state index in [1.54, 1.807) is 0 Å². The number of hydrogen-bond acceptors (Lipinski definition) is 4. The van der Waals surface area contributed by atoms with E-state index in [0.29, 0.717) is 18.8 Å². The smallest absolute Gasteiger partial charge is 0.280 e. The van der Waals surface area contributed by atoms with Crippen LogP contribution in [0, 0.1) is 23.4 Å². The number of piperidine rings is 1. The zero-order valence-electron chi connectivity index (χ0n) is 15.5. The highest BCUT2D eigenvalue weighted by Crippen LogP contribution is 2.34. The van der Waals surface area contributed by atoms with Gasteiger partial charge in [0.25, 0.3) is 12.2 Å². The molecule has 0 aliphatic carbocycles. The SMILES string of the molecule is C[C@@H]1CCN(Cc2ccc(F)c(F)c2F)C[C@H]1c1cc(C(F)F)nc2ncnn12. The molecular formula is C19H18F5N5. The number of hydrogen-bond donors (Lipinski definition) is 0. The predicted octanol–water partition coefficient (Wildman–Crippen LogP) is 4.10. The molecule has 1 fully saturated rings. The van der Waals surface area contributed by atoms with Crippen molar-refractivity contribution in [2.75, 3.05) is 13.1 Å². The molecule has 1 aliphatic heterocycles. The highest BCUT2D eigenvalue weighted by molar-refractivity contribution is 5.33. The number of halogens is 5. The molecule has 29 heavy (non-hydrogen) atoms. The minimum Gasteiger partial charge on any atom is -0.298 e. The predicted molar refractivity (Wildman–Crippen MR) is 93.9 cm³/mol. The van der Waals surface area contributed by atoms with E-state index < -0.39 is 23.9 Å². The summed E-state index contributed by atoms with van der Waals surface area (Å²) < 4.78 is 68.8. The van der Waals surface area contributed by atoms with E-state index in [1.165, 1.54) is 23.0 Å². The molecule has 0 saturated carbocycles. The molecule has 0 bridgehead atoms. The Morgan fingerprint density at radius 3 is 2.72 bits per heavy atom. The maximum absolute atomic E-state index is 14.1. The van der Waals surface area contributed by atoms with Gasteiger partial charge in [0.05, 0.1) is 5.69 Å². The second kappa shape index (κ2) is 7.66. The molecular weight excluding hydrogens is 393 g/mol. The van der Waals surface area contributed by atoms with Crippen LogP contribution >= 0.6 is 0 Å². The van der Waals surface area contributed by atoms with Crippen LogP contribution < -0.4 is 0 Å².